The first kappa shape index (κ1) is 18.6. The molecule has 0 aliphatic carbocycles. The summed E-state index contributed by atoms with van der Waals surface area (Å²) in [5, 5.41) is 12.1. The van der Waals surface area contributed by atoms with Gasteiger partial charge in [-0.25, -0.2) is 4.98 Å². The number of nitrogens with zero attached hydrogens (tertiary/aromatic N) is 4. The fourth-order valence-corrected chi connectivity index (χ4v) is 2.89. The number of benzene rings is 2. The van der Waals surface area contributed by atoms with Crippen molar-refractivity contribution in [2.45, 2.75) is 13.0 Å². The molecule has 3 aromatic rings. The molecule has 138 valence electrons. The van der Waals surface area contributed by atoms with Crippen LogP contribution in [0.15, 0.2) is 61.2 Å². The van der Waals surface area contributed by atoms with E-state index in [0.717, 1.165) is 5.56 Å². The summed E-state index contributed by atoms with van der Waals surface area (Å²) in [6.45, 7) is 1.88. The van der Waals surface area contributed by atoms with Crippen LogP contribution in [0.3, 0.4) is 0 Å². The van der Waals surface area contributed by atoms with Crippen molar-refractivity contribution in [1.82, 2.24) is 14.5 Å². The van der Waals surface area contributed by atoms with E-state index in [1.807, 2.05) is 19.1 Å². The zero-order valence-corrected chi connectivity index (χ0v) is 15.5. The Labute approximate surface area is 161 Å². The number of carbonyl (C=O) groups excluding carboxylic acids is 1. The SMILES string of the molecule is CC(c1ccc(Cl)cc1)N(C)C(=O)c1ccc(-n2ccnc2)c([N+](=O)[O-])c1. The molecule has 0 saturated heterocycles. The number of amides is 1. The minimum absolute atomic E-state index is 0.161. The van der Waals surface area contributed by atoms with Crippen LogP contribution in [0, 0.1) is 10.1 Å². The zero-order chi connectivity index (χ0) is 19.6. The summed E-state index contributed by atoms with van der Waals surface area (Å²) in [7, 11) is 1.66. The lowest BCUT2D eigenvalue weighted by molar-refractivity contribution is -0.384. The van der Waals surface area contributed by atoms with Gasteiger partial charge < -0.3 is 9.47 Å². The van der Waals surface area contributed by atoms with E-state index in [4.69, 9.17) is 11.6 Å². The van der Waals surface area contributed by atoms with Gasteiger partial charge in [0, 0.05) is 36.1 Å². The van der Waals surface area contributed by atoms with Gasteiger partial charge in [0.25, 0.3) is 11.6 Å². The second-order valence-corrected chi connectivity index (χ2v) is 6.51. The number of hydrogen-bond acceptors (Lipinski definition) is 4. The highest BCUT2D eigenvalue weighted by Gasteiger charge is 2.23. The van der Waals surface area contributed by atoms with Gasteiger partial charge in [0.15, 0.2) is 0 Å². The predicted molar refractivity (Wildman–Crippen MR) is 102 cm³/mol. The van der Waals surface area contributed by atoms with Crippen LogP contribution >= 0.6 is 11.6 Å². The second kappa shape index (κ2) is 7.59. The van der Waals surface area contributed by atoms with Crippen LogP contribution < -0.4 is 0 Å². The third-order valence-electron chi connectivity index (χ3n) is 4.46. The molecule has 7 nitrogen and oxygen atoms in total. The number of nitro groups is 1. The number of hydrogen-bond donors (Lipinski definition) is 0. The van der Waals surface area contributed by atoms with Crippen molar-refractivity contribution in [3.05, 3.63) is 87.4 Å². The average Bonchev–Trinajstić information content (AvgIpc) is 3.21. The Hall–Kier alpha value is -3.19. The maximum absolute atomic E-state index is 12.9. The molecule has 0 N–H and O–H groups in total. The van der Waals surface area contributed by atoms with E-state index < -0.39 is 4.92 Å². The van der Waals surface area contributed by atoms with Gasteiger partial charge in [0.1, 0.15) is 5.69 Å². The number of imidazole rings is 1. The first-order chi connectivity index (χ1) is 12.9. The van der Waals surface area contributed by atoms with Gasteiger partial charge in [0.2, 0.25) is 0 Å². The Balaban J connectivity index is 1.91. The van der Waals surface area contributed by atoms with Crippen molar-refractivity contribution in [3.8, 4) is 5.69 Å². The van der Waals surface area contributed by atoms with Crippen LogP contribution in [-0.4, -0.2) is 32.3 Å². The Kier molecular flexibility index (Phi) is 5.23. The summed E-state index contributed by atoms with van der Waals surface area (Å²) in [6.07, 6.45) is 4.61. The van der Waals surface area contributed by atoms with E-state index in [1.165, 1.54) is 23.2 Å². The second-order valence-electron chi connectivity index (χ2n) is 6.07. The number of halogens is 1. The molecule has 27 heavy (non-hydrogen) atoms. The number of aromatic nitrogens is 2. The van der Waals surface area contributed by atoms with Crippen molar-refractivity contribution in [3.63, 3.8) is 0 Å². The Bertz CT molecular complexity index is 971. The summed E-state index contributed by atoms with van der Waals surface area (Å²) in [5.74, 6) is -0.308. The van der Waals surface area contributed by atoms with E-state index in [0.29, 0.717) is 10.7 Å². The molecule has 1 atom stereocenters. The molecule has 1 heterocycles. The topological polar surface area (TPSA) is 81.3 Å². The average molecular weight is 385 g/mol. The minimum atomic E-state index is -0.505. The maximum Gasteiger partial charge on any atom is 0.294 e. The van der Waals surface area contributed by atoms with Crippen LogP contribution in [0.25, 0.3) is 5.69 Å². The van der Waals surface area contributed by atoms with Crippen molar-refractivity contribution in [2.24, 2.45) is 0 Å². The van der Waals surface area contributed by atoms with Crippen molar-refractivity contribution >= 4 is 23.2 Å². The van der Waals surface area contributed by atoms with Gasteiger partial charge in [0.05, 0.1) is 17.3 Å². The van der Waals surface area contributed by atoms with Crippen molar-refractivity contribution in [1.29, 1.82) is 0 Å². The first-order valence-electron chi connectivity index (χ1n) is 8.18. The summed E-state index contributed by atoms with van der Waals surface area (Å²) in [5.41, 5.74) is 1.35. The van der Waals surface area contributed by atoms with Gasteiger partial charge in [-0.3, -0.25) is 14.9 Å². The molecule has 1 amide bonds. The summed E-state index contributed by atoms with van der Waals surface area (Å²) >= 11 is 5.91. The fourth-order valence-electron chi connectivity index (χ4n) is 2.77. The number of nitro benzene ring substituents is 1. The standard InChI is InChI=1S/C19H17ClN4O3/c1-13(14-3-6-16(20)7-4-14)22(2)19(25)15-5-8-17(18(11-15)24(26)27)23-10-9-21-12-23/h3-13H,1-2H3. The van der Waals surface area contributed by atoms with Crippen LogP contribution in [-0.2, 0) is 0 Å². The highest BCUT2D eigenvalue weighted by atomic mass is 35.5. The van der Waals surface area contributed by atoms with Crippen molar-refractivity contribution in [2.75, 3.05) is 7.05 Å². The number of rotatable bonds is 5. The molecule has 8 heteroatoms. The molecule has 0 aliphatic heterocycles. The third kappa shape index (κ3) is 3.83. The molecule has 3 rings (SSSR count). The van der Waals surface area contributed by atoms with E-state index in [2.05, 4.69) is 4.98 Å². The molecule has 0 bridgehead atoms. The molecule has 0 spiro atoms. The fraction of sp³-hybridized carbons (Fsp3) is 0.158. The predicted octanol–water partition coefficient (Wildman–Crippen LogP) is 4.27. The van der Waals surface area contributed by atoms with Crippen LogP contribution in [0.5, 0.6) is 0 Å². The Morgan fingerprint density at radius 3 is 2.56 bits per heavy atom. The molecular weight excluding hydrogens is 368 g/mol. The Morgan fingerprint density at radius 2 is 1.96 bits per heavy atom. The molecule has 2 aromatic carbocycles. The van der Waals surface area contributed by atoms with E-state index in [1.54, 1.807) is 42.4 Å². The van der Waals surface area contributed by atoms with Gasteiger partial charge in [-0.1, -0.05) is 23.7 Å². The van der Waals surface area contributed by atoms with Gasteiger partial charge >= 0.3 is 0 Å². The van der Waals surface area contributed by atoms with E-state index in [9.17, 15) is 14.9 Å². The zero-order valence-electron chi connectivity index (χ0n) is 14.7. The summed E-state index contributed by atoms with van der Waals surface area (Å²) in [4.78, 5) is 29.3. The largest absolute Gasteiger partial charge is 0.335 e. The van der Waals surface area contributed by atoms with Gasteiger partial charge in [-0.15, -0.1) is 0 Å². The molecule has 1 aromatic heterocycles. The first-order valence-corrected chi connectivity index (χ1v) is 8.55. The molecule has 1 unspecified atom stereocenters. The van der Waals surface area contributed by atoms with Gasteiger partial charge in [-0.2, -0.15) is 0 Å². The quantitative estimate of drug-likeness (QED) is 0.486. The van der Waals surface area contributed by atoms with Crippen LogP contribution in [0.1, 0.15) is 28.9 Å². The summed E-state index contributed by atoms with van der Waals surface area (Å²) in [6, 6.07) is 11.4. The molecule has 0 aliphatic rings. The van der Waals surface area contributed by atoms with Gasteiger partial charge in [-0.05, 0) is 36.8 Å². The highest BCUT2D eigenvalue weighted by molar-refractivity contribution is 6.30. The summed E-state index contributed by atoms with van der Waals surface area (Å²) < 4.78 is 1.53. The van der Waals surface area contributed by atoms with E-state index >= 15 is 0 Å². The van der Waals surface area contributed by atoms with Crippen LogP contribution in [0.4, 0.5) is 5.69 Å². The highest BCUT2D eigenvalue weighted by Crippen LogP contribution is 2.27. The number of carbonyl (C=O) groups is 1. The monoisotopic (exact) mass is 384 g/mol. The van der Waals surface area contributed by atoms with Crippen LogP contribution in [0.2, 0.25) is 5.02 Å². The molecule has 0 fully saturated rings. The maximum atomic E-state index is 12.9. The normalized spacial score (nSPS) is 11.8. The lowest BCUT2D eigenvalue weighted by Crippen LogP contribution is -2.29. The van der Waals surface area contributed by atoms with E-state index in [-0.39, 0.29) is 23.2 Å². The lowest BCUT2D eigenvalue weighted by Gasteiger charge is -2.25. The lowest BCUT2D eigenvalue weighted by atomic mass is 10.1. The molecule has 0 radical (unpaired) electrons. The van der Waals surface area contributed by atoms with Crippen molar-refractivity contribution < 1.29 is 9.72 Å². The minimum Gasteiger partial charge on any atom is -0.335 e. The third-order valence-corrected chi connectivity index (χ3v) is 4.71. The Morgan fingerprint density at radius 1 is 1.26 bits per heavy atom. The molecular formula is C19H17ClN4O3. The molecule has 0 saturated carbocycles. The smallest absolute Gasteiger partial charge is 0.294 e.